The van der Waals surface area contributed by atoms with Crippen LogP contribution in [0.15, 0.2) is 12.4 Å². The number of hydrogen-bond acceptors (Lipinski definition) is 8. The molecule has 3 aliphatic rings. The second-order valence-electron chi connectivity index (χ2n) is 10.1. The van der Waals surface area contributed by atoms with Gasteiger partial charge in [-0.1, -0.05) is 0 Å². The van der Waals surface area contributed by atoms with Gasteiger partial charge in [0.25, 0.3) is 0 Å². The zero-order valence-electron chi connectivity index (χ0n) is 20.7. The van der Waals surface area contributed by atoms with Crippen LogP contribution >= 0.6 is 0 Å². The number of anilines is 3. The molecule has 3 fully saturated rings. The number of carbonyl (C=O) groups excluding carboxylic acids is 1. The van der Waals surface area contributed by atoms with E-state index in [4.69, 9.17) is 5.10 Å². The van der Waals surface area contributed by atoms with Crippen LogP contribution in [0.2, 0.25) is 0 Å². The van der Waals surface area contributed by atoms with Crippen LogP contribution in [0.1, 0.15) is 68.7 Å². The van der Waals surface area contributed by atoms with Gasteiger partial charge in [0, 0.05) is 44.3 Å². The summed E-state index contributed by atoms with van der Waals surface area (Å²) in [5.41, 5.74) is 2.19. The molecule has 0 spiro atoms. The Morgan fingerprint density at radius 1 is 1.20 bits per heavy atom. The van der Waals surface area contributed by atoms with Gasteiger partial charge in [0.2, 0.25) is 11.9 Å². The summed E-state index contributed by atoms with van der Waals surface area (Å²) in [5, 5.41) is 20.9. The summed E-state index contributed by atoms with van der Waals surface area (Å²) in [6.45, 7) is 4.19. The Kier molecular flexibility index (Phi) is 6.86. The third kappa shape index (κ3) is 5.10. The lowest BCUT2D eigenvalue weighted by Gasteiger charge is -2.36. The largest absolute Gasteiger partial charge is 0.369 e. The molecular weight excluding hydrogens is 442 g/mol. The Bertz CT molecular complexity index is 1090. The maximum atomic E-state index is 12.0. The number of rotatable bonds is 8. The average molecular weight is 478 g/mol. The van der Waals surface area contributed by atoms with E-state index in [1.807, 2.05) is 11.8 Å². The molecule has 3 saturated heterocycles. The van der Waals surface area contributed by atoms with Crippen molar-refractivity contribution in [2.75, 3.05) is 37.3 Å². The number of carbonyl (C=O) groups is 1. The van der Waals surface area contributed by atoms with Crippen molar-refractivity contribution in [1.82, 2.24) is 29.5 Å². The number of aromatic nitrogens is 4. The van der Waals surface area contributed by atoms with E-state index >= 15 is 0 Å². The predicted octanol–water partition coefficient (Wildman–Crippen LogP) is 3.21. The molecule has 0 radical (unpaired) electrons. The molecule has 186 valence electrons. The van der Waals surface area contributed by atoms with Crippen LogP contribution in [0.3, 0.4) is 0 Å². The van der Waals surface area contributed by atoms with E-state index in [0.717, 1.165) is 56.6 Å². The van der Waals surface area contributed by atoms with E-state index in [1.165, 1.54) is 12.8 Å². The fraction of sp³-hybridized carbons (Fsp3) is 0.640. The first kappa shape index (κ1) is 23.5. The Morgan fingerprint density at radius 2 is 2.00 bits per heavy atom. The molecule has 2 unspecified atom stereocenters. The number of hydrogen-bond donors (Lipinski definition) is 2. The maximum Gasteiger partial charge on any atom is 0.229 e. The number of nitriles is 1. The van der Waals surface area contributed by atoms with Crippen LogP contribution in [0.5, 0.6) is 0 Å². The van der Waals surface area contributed by atoms with E-state index in [1.54, 1.807) is 6.20 Å². The molecule has 0 saturated carbocycles. The van der Waals surface area contributed by atoms with Gasteiger partial charge < -0.3 is 20.4 Å². The molecule has 2 atom stereocenters. The Morgan fingerprint density at radius 3 is 2.74 bits per heavy atom. The zero-order valence-corrected chi connectivity index (χ0v) is 20.7. The standard InChI is InChI=1S/C25H35N9O/c1-17-22(16-34(31-17)21-12-19-7-8-20(13-21)32(19)2)29-25-28-15-18(14-26)24(30-25)27-9-5-11-33-10-4-3-6-23(33)35/h15-16,19-21H,3-13H2,1-2H3,(H2,27,28,29,30). The van der Waals surface area contributed by atoms with E-state index in [0.29, 0.717) is 48.4 Å². The topological polar surface area (TPSA) is 115 Å². The highest BCUT2D eigenvalue weighted by Gasteiger charge is 2.39. The van der Waals surface area contributed by atoms with Crippen molar-refractivity contribution < 1.29 is 4.79 Å². The second-order valence-corrected chi connectivity index (χ2v) is 10.1. The first-order chi connectivity index (χ1) is 17.0. The van der Waals surface area contributed by atoms with Gasteiger partial charge in [0.15, 0.2) is 0 Å². The normalized spacial score (nSPS) is 24.4. The minimum absolute atomic E-state index is 0.242. The van der Waals surface area contributed by atoms with Crippen molar-refractivity contribution >= 4 is 23.4 Å². The van der Waals surface area contributed by atoms with Crippen molar-refractivity contribution in [3.63, 3.8) is 0 Å². The number of aryl methyl sites for hydroxylation is 1. The first-order valence-electron chi connectivity index (χ1n) is 12.9. The Balaban J connectivity index is 1.21. The van der Waals surface area contributed by atoms with Crippen LogP contribution in [0.4, 0.5) is 17.5 Å². The van der Waals surface area contributed by atoms with Gasteiger partial charge in [0.1, 0.15) is 17.5 Å². The van der Waals surface area contributed by atoms with E-state index in [-0.39, 0.29) is 5.91 Å². The summed E-state index contributed by atoms with van der Waals surface area (Å²) in [7, 11) is 2.25. The van der Waals surface area contributed by atoms with Crippen molar-refractivity contribution in [2.24, 2.45) is 0 Å². The van der Waals surface area contributed by atoms with Gasteiger partial charge in [-0.15, -0.1) is 0 Å². The van der Waals surface area contributed by atoms with Gasteiger partial charge in [0.05, 0.1) is 23.6 Å². The molecule has 10 nitrogen and oxygen atoms in total. The molecule has 3 aliphatic heterocycles. The molecule has 10 heteroatoms. The monoisotopic (exact) mass is 477 g/mol. The van der Waals surface area contributed by atoms with Gasteiger partial charge in [-0.3, -0.25) is 9.48 Å². The number of nitrogens with zero attached hydrogens (tertiary/aromatic N) is 7. The summed E-state index contributed by atoms with van der Waals surface area (Å²) in [6.07, 6.45) is 12.0. The molecule has 1 amide bonds. The van der Waals surface area contributed by atoms with Crippen LogP contribution in [0.25, 0.3) is 0 Å². The second kappa shape index (κ2) is 10.2. The summed E-state index contributed by atoms with van der Waals surface area (Å²) in [4.78, 5) is 25.4. The number of likely N-dealkylation sites (tertiary alicyclic amines) is 1. The van der Waals surface area contributed by atoms with E-state index in [9.17, 15) is 10.1 Å². The fourth-order valence-corrected chi connectivity index (χ4v) is 5.74. The van der Waals surface area contributed by atoms with Crippen LogP contribution in [-0.2, 0) is 4.79 Å². The fourth-order valence-electron chi connectivity index (χ4n) is 5.74. The molecule has 0 aromatic carbocycles. The summed E-state index contributed by atoms with van der Waals surface area (Å²) in [6, 6.07) is 3.89. The summed E-state index contributed by atoms with van der Waals surface area (Å²) < 4.78 is 2.11. The van der Waals surface area contributed by atoms with Crippen molar-refractivity contribution in [1.29, 1.82) is 5.26 Å². The zero-order chi connectivity index (χ0) is 24.4. The van der Waals surface area contributed by atoms with Crippen molar-refractivity contribution in [3.05, 3.63) is 23.7 Å². The highest BCUT2D eigenvalue weighted by Crippen LogP contribution is 2.40. The lowest BCUT2D eigenvalue weighted by Crippen LogP contribution is -2.40. The molecule has 5 heterocycles. The summed E-state index contributed by atoms with van der Waals surface area (Å²) in [5.74, 6) is 1.18. The number of fused-ring (bicyclic) bond motifs is 2. The highest BCUT2D eigenvalue weighted by atomic mass is 16.2. The number of nitrogens with one attached hydrogen (secondary N) is 2. The third-order valence-electron chi connectivity index (χ3n) is 7.84. The van der Waals surface area contributed by atoms with Crippen LogP contribution in [-0.4, -0.2) is 74.2 Å². The quantitative estimate of drug-likeness (QED) is 0.557. The van der Waals surface area contributed by atoms with Gasteiger partial charge >= 0.3 is 0 Å². The lowest BCUT2D eigenvalue weighted by atomic mass is 9.98. The molecule has 2 bridgehead atoms. The van der Waals surface area contributed by atoms with Crippen molar-refractivity contribution in [2.45, 2.75) is 76.4 Å². The Hall–Kier alpha value is -3.19. The Labute approximate surface area is 206 Å². The van der Waals surface area contributed by atoms with Crippen LogP contribution in [0, 0.1) is 18.3 Å². The smallest absolute Gasteiger partial charge is 0.229 e. The van der Waals surface area contributed by atoms with E-state index in [2.05, 4.69) is 49.5 Å². The maximum absolute atomic E-state index is 12.0. The first-order valence-corrected chi connectivity index (χ1v) is 12.9. The molecule has 5 rings (SSSR count). The van der Waals surface area contributed by atoms with Gasteiger partial charge in [-0.2, -0.15) is 15.3 Å². The molecule has 0 aliphatic carbocycles. The number of amides is 1. The number of piperidine rings is 2. The third-order valence-corrected chi connectivity index (χ3v) is 7.84. The molecular formula is C25H35N9O. The lowest BCUT2D eigenvalue weighted by molar-refractivity contribution is -0.133. The SMILES string of the molecule is Cc1nn(C2CC3CCC(C2)N3C)cc1Nc1ncc(C#N)c(NCCCN2CCCCC2=O)n1. The van der Waals surface area contributed by atoms with Crippen LogP contribution < -0.4 is 10.6 Å². The molecule has 35 heavy (non-hydrogen) atoms. The van der Waals surface area contributed by atoms with Gasteiger partial charge in [-0.25, -0.2) is 4.98 Å². The molecule has 2 N–H and O–H groups in total. The highest BCUT2D eigenvalue weighted by molar-refractivity contribution is 5.76. The summed E-state index contributed by atoms with van der Waals surface area (Å²) >= 11 is 0. The molecule has 2 aromatic heterocycles. The minimum atomic E-state index is 0.242. The average Bonchev–Trinajstić information content (AvgIpc) is 3.29. The predicted molar refractivity (Wildman–Crippen MR) is 133 cm³/mol. The molecule has 2 aromatic rings. The minimum Gasteiger partial charge on any atom is -0.369 e. The van der Waals surface area contributed by atoms with E-state index < -0.39 is 0 Å². The van der Waals surface area contributed by atoms with Crippen molar-refractivity contribution in [3.8, 4) is 6.07 Å². The van der Waals surface area contributed by atoms with Gasteiger partial charge in [-0.05, 0) is 58.9 Å².